The van der Waals surface area contributed by atoms with Crippen LogP contribution in [-0.4, -0.2) is 34.2 Å². The molecule has 1 aliphatic carbocycles. The number of carbonyl (C=O) groups is 2. The van der Waals surface area contributed by atoms with E-state index in [1.807, 2.05) is 6.07 Å². The van der Waals surface area contributed by atoms with E-state index >= 15 is 0 Å². The van der Waals surface area contributed by atoms with Crippen molar-refractivity contribution in [1.82, 2.24) is 9.80 Å². The van der Waals surface area contributed by atoms with E-state index in [1.165, 1.54) is 36.0 Å². The standard InChI is InChI=1S/C29H34N2O2/c1-20-14-15-23(18-21(20)2)26-27(30-17-16-22-10-8-9-11-24(22)19-30)29(33)31(28(26)32)25-12-6-4-3-5-7-13-25/h8-11,14-15,18,25H,3-7,12-13,16-17,19H2,1-2H3. The summed E-state index contributed by atoms with van der Waals surface area (Å²) in [6.07, 6.45) is 8.58. The van der Waals surface area contributed by atoms with E-state index in [9.17, 15) is 9.59 Å². The first-order valence-corrected chi connectivity index (χ1v) is 12.6. The first kappa shape index (κ1) is 21.9. The second kappa shape index (κ2) is 9.17. The monoisotopic (exact) mass is 442 g/mol. The SMILES string of the molecule is Cc1ccc(C2=C(N3CCc4ccccc4C3)C(=O)N(C3CCCCCCC3)C2=O)cc1C. The van der Waals surface area contributed by atoms with Gasteiger partial charge in [0.2, 0.25) is 0 Å². The molecule has 0 saturated heterocycles. The molecule has 0 N–H and O–H groups in total. The lowest BCUT2D eigenvalue weighted by Crippen LogP contribution is -2.43. The molecule has 2 heterocycles. The number of amides is 2. The summed E-state index contributed by atoms with van der Waals surface area (Å²) in [5.74, 6) is -0.180. The van der Waals surface area contributed by atoms with E-state index in [0.717, 1.165) is 49.8 Å². The minimum atomic E-state index is -0.0947. The Hall–Kier alpha value is -2.88. The maximum atomic E-state index is 14.0. The van der Waals surface area contributed by atoms with Gasteiger partial charge in [0, 0.05) is 19.1 Å². The molecule has 0 bridgehead atoms. The topological polar surface area (TPSA) is 40.6 Å². The van der Waals surface area contributed by atoms with Gasteiger partial charge in [-0.2, -0.15) is 0 Å². The van der Waals surface area contributed by atoms with Crippen LogP contribution in [0.2, 0.25) is 0 Å². The molecule has 2 amide bonds. The van der Waals surface area contributed by atoms with E-state index in [0.29, 0.717) is 17.8 Å². The first-order valence-electron chi connectivity index (χ1n) is 12.6. The van der Waals surface area contributed by atoms with Crippen molar-refractivity contribution in [3.63, 3.8) is 0 Å². The molecule has 5 rings (SSSR count). The molecule has 0 aromatic heterocycles. The maximum absolute atomic E-state index is 14.0. The Morgan fingerprint density at radius 1 is 0.788 bits per heavy atom. The average molecular weight is 443 g/mol. The Labute approximate surface area is 197 Å². The fourth-order valence-electron chi connectivity index (χ4n) is 5.70. The van der Waals surface area contributed by atoms with Gasteiger partial charge in [-0.1, -0.05) is 74.6 Å². The van der Waals surface area contributed by atoms with E-state index in [-0.39, 0.29) is 17.9 Å². The van der Waals surface area contributed by atoms with E-state index in [4.69, 9.17) is 0 Å². The van der Waals surface area contributed by atoms with Gasteiger partial charge in [0.1, 0.15) is 5.70 Å². The predicted octanol–water partition coefficient (Wildman–Crippen LogP) is 5.55. The van der Waals surface area contributed by atoms with E-state index in [2.05, 4.69) is 55.1 Å². The van der Waals surface area contributed by atoms with Crippen LogP contribution in [0.1, 0.15) is 72.8 Å². The summed E-state index contributed by atoms with van der Waals surface area (Å²) in [6.45, 7) is 5.60. The van der Waals surface area contributed by atoms with Gasteiger partial charge in [0.15, 0.2) is 0 Å². The van der Waals surface area contributed by atoms with Crippen molar-refractivity contribution in [2.75, 3.05) is 6.54 Å². The summed E-state index contributed by atoms with van der Waals surface area (Å²) in [6, 6.07) is 14.6. The molecule has 172 valence electrons. The average Bonchev–Trinajstić information content (AvgIpc) is 3.05. The van der Waals surface area contributed by atoms with Crippen LogP contribution >= 0.6 is 0 Å². The quantitative estimate of drug-likeness (QED) is 0.585. The third kappa shape index (κ3) is 4.12. The highest BCUT2D eigenvalue weighted by molar-refractivity contribution is 6.35. The maximum Gasteiger partial charge on any atom is 0.278 e. The van der Waals surface area contributed by atoms with Crippen molar-refractivity contribution in [2.45, 2.75) is 77.8 Å². The number of carbonyl (C=O) groups excluding carboxylic acids is 2. The van der Waals surface area contributed by atoms with Gasteiger partial charge in [0.25, 0.3) is 11.8 Å². The lowest BCUT2D eigenvalue weighted by Gasteiger charge is -2.33. The number of nitrogens with zero attached hydrogens (tertiary/aromatic N) is 2. The van der Waals surface area contributed by atoms with Gasteiger partial charge in [-0.05, 0) is 60.9 Å². The smallest absolute Gasteiger partial charge is 0.278 e. The van der Waals surface area contributed by atoms with E-state index < -0.39 is 0 Å². The molecule has 2 aromatic carbocycles. The lowest BCUT2D eigenvalue weighted by atomic mass is 9.95. The highest BCUT2D eigenvalue weighted by atomic mass is 16.2. The minimum Gasteiger partial charge on any atom is -0.362 e. The number of fused-ring (bicyclic) bond motifs is 1. The zero-order chi connectivity index (χ0) is 22.9. The summed E-state index contributed by atoms with van der Waals surface area (Å²) in [7, 11) is 0. The lowest BCUT2D eigenvalue weighted by molar-refractivity contribution is -0.140. The third-order valence-corrected chi connectivity index (χ3v) is 7.77. The summed E-state index contributed by atoms with van der Waals surface area (Å²) >= 11 is 0. The van der Waals surface area contributed by atoms with Crippen molar-refractivity contribution in [2.24, 2.45) is 0 Å². The largest absolute Gasteiger partial charge is 0.362 e. The molecule has 2 aromatic rings. The van der Waals surface area contributed by atoms with Gasteiger partial charge >= 0.3 is 0 Å². The molecule has 0 spiro atoms. The number of hydrogen-bond acceptors (Lipinski definition) is 3. The van der Waals surface area contributed by atoms with Crippen molar-refractivity contribution in [3.05, 3.63) is 76.0 Å². The van der Waals surface area contributed by atoms with Gasteiger partial charge in [-0.25, -0.2) is 0 Å². The van der Waals surface area contributed by atoms with Crippen LogP contribution < -0.4 is 0 Å². The second-order valence-corrected chi connectivity index (χ2v) is 9.94. The zero-order valence-corrected chi connectivity index (χ0v) is 19.9. The van der Waals surface area contributed by atoms with Crippen LogP contribution in [-0.2, 0) is 22.6 Å². The highest BCUT2D eigenvalue weighted by Gasteiger charge is 2.45. The molecule has 33 heavy (non-hydrogen) atoms. The number of imide groups is 1. The Morgan fingerprint density at radius 3 is 2.21 bits per heavy atom. The van der Waals surface area contributed by atoms with Gasteiger partial charge in [-0.3, -0.25) is 14.5 Å². The normalized spacial score (nSPS) is 20.2. The van der Waals surface area contributed by atoms with Crippen molar-refractivity contribution in [3.8, 4) is 0 Å². The Balaban J connectivity index is 1.56. The third-order valence-electron chi connectivity index (χ3n) is 7.77. The van der Waals surface area contributed by atoms with Crippen LogP contribution in [0, 0.1) is 13.8 Å². The molecular weight excluding hydrogens is 408 g/mol. The van der Waals surface area contributed by atoms with Gasteiger partial charge in [0.05, 0.1) is 5.57 Å². The fourth-order valence-corrected chi connectivity index (χ4v) is 5.70. The molecule has 0 unspecified atom stereocenters. The summed E-state index contributed by atoms with van der Waals surface area (Å²) in [5.41, 5.74) is 7.02. The molecule has 0 atom stereocenters. The molecule has 4 heteroatoms. The number of rotatable bonds is 3. The molecule has 4 nitrogen and oxygen atoms in total. The second-order valence-electron chi connectivity index (χ2n) is 9.94. The Morgan fingerprint density at radius 2 is 1.48 bits per heavy atom. The minimum absolute atomic E-state index is 0.0152. The zero-order valence-electron chi connectivity index (χ0n) is 19.9. The number of aryl methyl sites for hydroxylation is 2. The molecule has 3 aliphatic rings. The predicted molar refractivity (Wildman–Crippen MR) is 131 cm³/mol. The van der Waals surface area contributed by atoms with Crippen LogP contribution in [0.4, 0.5) is 0 Å². The van der Waals surface area contributed by atoms with Gasteiger partial charge < -0.3 is 4.90 Å². The summed E-state index contributed by atoms with van der Waals surface area (Å²) in [4.78, 5) is 31.7. The van der Waals surface area contributed by atoms with Crippen LogP contribution in [0.25, 0.3) is 5.57 Å². The molecule has 0 radical (unpaired) electrons. The van der Waals surface area contributed by atoms with Crippen LogP contribution in [0.15, 0.2) is 48.2 Å². The van der Waals surface area contributed by atoms with Crippen molar-refractivity contribution < 1.29 is 9.59 Å². The number of benzene rings is 2. The fraction of sp³-hybridized carbons (Fsp3) is 0.448. The summed E-state index contributed by atoms with van der Waals surface area (Å²) < 4.78 is 0. The summed E-state index contributed by atoms with van der Waals surface area (Å²) in [5, 5.41) is 0. The van der Waals surface area contributed by atoms with Crippen molar-refractivity contribution >= 4 is 17.4 Å². The Kier molecular flexibility index (Phi) is 6.09. The first-order chi connectivity index (χ1) is 16.0. The van der Waals surface area contributed by atoms with Crippen LogP contribution in [0.3, 0.4) is 0 Å². The van der Waals surface area contributed by atoms with E-state index in [1.54, 1.807) is 4.90 Å². The highest BCUT2D eigenvalue weighted by Crippen LogP contribution is 2.37. The van der Waals surface area contributed by atoms with Crippen LogP contribution in [0.5, 0.6) is 0 Å². The van der Waals surface area contributed by atoms with Gasteiger partial charge in [-0.15, -0.1) is 0 Å². The molecule has 1 saturated carbocycles. The number of hydrogen-bond donors (Lipinski definition) is 0. The molecular formula is C29H34N2O2. The van der Waals surface area contributed by atoms with Crippen molar-refractivity contribution in [1.29, 1.82) is 0 Å². The molecule has 1 fully saturated rings. The molecule has 2 aliphatic heterocycles. The Bertz CT molecular complexity index is 1110.